The molecule has 0 bridgehead atoms. The number of nitrogens with zero attached hydrogens (tertiary/aromatic N) is 5. The van der Waals surface area contributed by atoms with Gasteiger partial charge in [0.25, 0.3) is 11.8 Å². The molecular weight excluding hydrogens is 474 g/mol. The first-order chi connectivity index (χ1) is 17.9. The Morgan fingerprint density at radius 1 is 1.27 bits per heavy atom. The molecule has 2 heterocycles. The van der Waals surface area contributed by atoms with E-state index in [-0.39, 0.29) is 12.5 Å². The number of aromatic nitrogens is 2. The van der Waals surface area contributed by atoms with E-state index >= 15 is 0 Å². The molecule has 1 aliphatic rings. The summed E-state index contributed by atoms with van der Waals surface area (Å²) in [6.07, 6.45) is 0.883. The molecule has 0 saturated heterocycles. The number of benzene rings is 2. The summed E-state index contributed by atoms with van der Waals surface area (Å²) in [5.74, 6) is 0.509. The van der Waals surface area contributed by atoms with Crippen LogP contribution in [-0.2, 0) is 22.5 Å². The molecule has 0 atom stereocenters. The molecule has 0 amide bonds. The molecule has 0 fully saturated rings. The number of hydrogen-bond acceptors (Lipinski definition) is 9. The van der Waals surface area contributed by atoms with Crippen molar-refractivity contribution in [1.29, 1.82) is 5.26 Å². The molecule has 3 aromatic rings. The van der Waals surface area contributed by atoms with Gasteiger partial charge in [0.1, 0.15) is 11.8 Å². The summed E-state index contributed by atoms with van der Waals surface area (Å²) in [5, 5.41) is 22.8. The minimum atomic E-state index is -0.810. The zero-order valence-electron chi connectivity index (χ0n) is 21.3. The van der Waals surface area contributed by atoms with Crippen molar-refractivity contribution in [1.82, 2.24) is 15.0 Å². The molecule has 0 aliphatic carbocycles. The maximum Gasteiger partial charge on any atom is 0.304 e. The summed E-state index contributed by atoms with van der Waals surface area (Å²) < 4.78 is 16.4. The molecule has 4 rings (SSSR count). The van der Waals surface area contributed by atoms with Crippen LogP contribution in [0.5, 0.6) is 5.75 Å². The lowest BCUT2D eigenvalue weighted by atomic mass is 10.1. The van der Waals surface area contributed by atoms with E-state index in [1.165, 1.54) is 5.56 Å². The van der Waals surface area contributed by atoms with Crippen LogP contribution in [0.4, 0.5) is 11.6 Å². The Balaban J connectivity index is 1.49. The third-order valence-electron chi connectivity index (χ3n) is 6.07. The van der Waals surface area contributed by atoms with Gasteiger partial charge in [0, 0.05) is 44.5 Å². The molecule has 1 N–H and O–H groups in total. The molecule has 194 valence electrons. The van der Waals surface area contributed by atoms with E-state index in [9.17, 15) is 10.1 Å². The minimum absolute atomic E-state index is 0.0399. The summed E-state index contributed by atoms with van der Waals surface area (Å²) in [6.45, 7) is 6.85. The van der Waals surface area contributed by atoms with Gasteiger partial charge in [-0.05, 0) is 60.8 Å². The number of carboxylic acids is 1. The van der Waals surface area contributed by atoms with Gasteiger partial charge in [-0.1, -0.05) is 12.1 Å². The van der Waals surface area contributed by atoms with Gasteiger partial charge in [0.2, 0.25) is 0 Å². The zero-order chi connectivity index (χ0) is 26.4. The van der Waals surface area contributed by atoms with Crippen LogP contribution in [-0.4, -0.2) is 65.6 Å². The van der Waals surface area contributed by atoms with Gasteiger partial charge < -0.3 is 24.0 Å². The van der Waals surface area contributed by atoms with Crippen molar-refractivity contribution >= 4 is 17.6 Å². The highest BCUT2D eigenvalue weighted by molar-refractivity contribution is 5.68. The van der Waals surface area contributed by atoms with Crippen LogP contribution in [0.1, 0.15) is 37.0 Å². The quantitative estimate of drug-likeness (QED) is 0.386. The fourth-order valence-electron chi connectivity index (χ4n) is 4.31. The Morgan fingerprint density at radius 3 is 2.84 bits per heavy atom. The Hall–Kier alpha value is -3.94. The monoisotopic (exact) mass is 505 g/mol. The first kappa shape index (κ1) is 26.1. The lowest BCUT2D eigenvalue weighted by Crippen LogP contribution is -2.29. The summed E-state index contributed by atoms with van der Waals surface area (Å²) in [5.41, 5.74) is 4.37. The van der Waals surface area contributed by atoms with Crippen LogP contribution in [0, 0.1) is 11.3 Å². The van der Waals surface area contributed by atoms with Crippen molar-refractivity contribution in [3.63, 3.8) is 0 Å². The highest BCUT2D eigenvalue weighted by Gasteiger charge is 2.25. The molecule has 10 nitrogen and oxygen atoms in total. The van der Waals surface area contributed by atoms with Gasteiger partial charge in [-0.15, -0.1) is 0 Å². The summed E-state index contributed by atoms with van der Waals surface area (Å²) >= 11 is 0. The number of nitriles is 1. The Bertz CT molecular complexity index is 1280. The van der Waals surface area contributed by atoms with Crippen LogP contribution in [0.2, 0.25) is 0 Å². The third kappa shape index (κ3) is 6.44. The van der Waals surface area contributed by atoms with Crippen molar-refractivity contribution < 1.29 is 23.9 Å². The predicted octanol–water partition coefficient (Wildman–Crippen LogP) is 4.01. The molecule has 0 saturated carbocycles. The number of ether oxygens (including phenoxy) is 2. The van der Waals surface area contributed by atoms with Crippen molar-refractivity contribution in [3.05, 3.63) is 53.1 Å². The molecule has 0 radical (unpaired) electrons. The minimum Gasteiger partial charge on any atom is -0.490 e. The van der Waals surface area contributed by atoms with Gasteiger partial charge in [0.05, 0.1) is 24.7 Å². The number of carboxylic acid groups (broad SMARTS) is 1. The van der Waals surface area contributed by atoms with E-state index in [0.29, 0.717) is 55.0 Å². The van der Waals surface area contributed by atoms with E-state index in [0.717, 1.165) is 24.2 Å². The summed E-state index contributed by atoms with van der Waals surface area (Å²) in [4.78, 5) is 19.7. The predicted molar refractivity (Wildman–Crippen MR) is 137 cm³/mol. The van der Waals surface area contributed by atoms with E-state index in [1.54, 1.807) is 25.3 Å². The molecular formula is C27H31N5O5. The smallest absolute Gasteiger partial charge is 0.304 e. The molecule has 0 unspecified atom stereocenters. The number of hydrogen-bond donors (Lipinski definition) is 1. The molecule has 1 aromatic heterocycles. The first-order valence-corrected chi connectivity index (χ1v) is 12.2. The van der Waals surface area contributed by atoms with E-state index in [1.807, 2.05) is 30.9 Å². The highest BCUT2D eigenvalue weighted by atomic mass is 16.5. The topological polar surface area (TPSA) is 125 Å². The number of carbonyl (C=O) groups is 1. The normalized spacial score (nSPS) is 12.7. The van der Waals surface area contributed by atoms with Gasteiger partial charge >= 0.3 is 5.97 Å². The van der Waals surface area contributed by atoms with Gasteiger partial charge in [-0.25, -0.2) is 0 Å². The third-order valence-corrected chi connectivity index (χ3v) is 6.07. The highest BCUT2D eigenvalue weighted by Crippen LogP contribution is 2.35. The maximum atomic E-state index is 11.0. The second-order valence-electron chi connectivity index (χ2n) is 9.17. The second kappa shape index (κ2) is 11.9. The largest absolute Gasteiger partial charge is 0.490 e. The number of fused-ring (bicyclic) bond motifs is 1. The fourth-order valence-corrected chi connectivity index (χ4v) is 4.31. The summed E-state index contributed by atoms with van der Waals surface area (Å²) in [7, 11) is 1.64. The van der Waals surface area contributed by atoms with Crippen molar-refractivity contribution in [3.8, 4) is 23.3 Å². The fraction of sp³-hybridized carbons (Fsp3) is 0.407. The van der Waals surface area contributed by atoms with Crippen molar-refractivity contribution in [2.75, 3.05) is 38.3 Å². The Labute approximate surface area is 216 Å². The van der Waals surface area contributed by atoms with Gasteiger partial charge in [-0.2, -0.15) is 10.2 Å². The van der Waals surface area contributed by atoms with Crippen molar-refractivity contribution in [2.24, 2.45) is 0 Å². The van der Waals surface area contributed by atoms with Gasteiger partial charge in [-0.3, -0.25) is 9.69 Å². The number of rotatable bonds is 12. The summed E-state index contributed by atoms with van der Waals surface area (Å²) in [6, 6.07) is 13.7. The van der Waals surface area contributed by atoms with E-state index in [4.69, 9.17) is 19.1 Å². The SMILES string of the molecule is COCCN(CCC(=O)O)Cc1ccc2c(c1)CCN2c1noc(-c2ccc(OC(C)C)c(C#N)c2)n1. The van der Waals surface area contributed by atoms with Crippen LogP contribution in [0.25, 0.3) is 11.5 Å². The number of aliphatic carboxylic acids is 1. The average molecular weight is 506 g/mol. The van der Waals surface area contributed by atoms with E-state index < -0.39 is 5.97 Å². The zero-order valence-corrected chi connectivity index (χ0v) is 21.3. The van der Waals surface area contributed by atoms with E-state index in [2.05, 4.69) is 27.2 Å². The molecule has 37 heavy (non-hydrogen) atoms. The lowest BCUT2D eigenvalue weighted by Gasteiger charge is -2.22. The number of methoxy groups -OCH3 is 1. The molecule has 1 aliphatic heterocycles. The molecule has 10 heteroatoms. The first-order valence-electron chi connectivity index (χ1n) is 12.2. The molecule has 0 spiro atoms. The van der Waals surface area contributed by atoms with Crippen LogP contribution < -0.4 is 9.64 Å². The Kier molecular flexibility index (Phi) is 8.38. The molecule has 2 aromatic carbocycles. The van der Waals surface area contributed by atoms with Gasteiger partial charge in [0.15, 0.2) is 0 Å². The Morgan fingerprint density at radius 2 is 2.11 bits per heavy atom. The van der Waals surface area contributed by atoms with Crippen molar-refractivity contribution in [2.45, 2.75) is 39.3 Å². The standard InChI is InChI=1S/C27H31N5O5/c1-18(2)36-24-7-5-21(15-22(24)16-28)26-29-27(30-37-26)32-11-8-20-14-19(4-6-23(20)32)17-31(12-13-35-3)10-9-25(33)34/h4-7,14-15,18H,8-13,17H2,1-3H3,(H,33,34). The average Bonchev–Trinajstić information content (AvgIpc) is 3.52. The second-order valence-corrected chi connectivity index (χ2v) is 9.17. The maximum absolute atomic E-state index is 11.0. The lowest BCUT2D eigenvalue weighted by molar-refractivity contribution is -0.137. The van der Waals surface area contributed by atoms with Crippen LogP contribution in [0.15, 0.2) is 40.9 Å². The van der Waals surface area contributed by atoms with Crippen LogP contribution in [0.3, 0.4) is 0 Å². The van der Waals surface area contributed by atoms with Crippen LogP contribution >= 0.6 is 0 Å². The number of anilines is 2.